The van der Waals surface area contributed by atoms with E-state index in [0.717, 1.165) is 45.6 Å². The maximum absolute atomic E-state index is 10.6. The number of nitrogens with zero attached hydrogens (tertiary/aromatic N) is 2. The molecule has 2 saturated heterocycles. The van der Waals surface area contributed by atoms with Crippen molar-refractivity contribution >= 4 is 6.41 Å². The SMILES string of the molecule is O=CN1CCC(N2CCCNCC2)C1. The van der Waals surface area contributed by atoms with Gasteiger partial charge in [0.1, 0.15) is 0 Å². The first kappa shape index (κ1) is 9.93. The van der Waals surface area contributed by atoms with E-state index in [1.165, 1.54) is 13.0 Å². The van der Waals surface area contributed by atoms with E-state index in [9.17, 15) is 4.79 Å². The van der Waals surface area contributed by atoms with Gasteiger partial charge in [0, 0.05) is 32.2 Å². The van der Waals surface area contributed by atoms with Crippen LogP contribution in [0.5, 0.6) is 0 Å². The van der Waals surface area contributed by atoms with Crippen molar-refractivity contribution in [2.45, 2.75) is 18.9 Å². The lowest BCUT2D eigenvalue weighted by Gasteiger charge is -2.26. The molecule has 2 rings (SSSR count). The molecule has 80 valence electrons. The van der Waals surface area contributed by atoms with Gasteiger partial charge in [-0.25, -0.2) is 0 Å². The van der Waals surface area contributed by atoms with Crippen LogP contribution in [0.1, 0.15) is 12.8 Å². The Morgan fingerprint density at radius 3 is 2.93 bits per heavy atom. The smallest absolute Gasteiger partial charge is 0.209 e. The molecule has 2 aliphatic rings. The summed E-state index contributed by atoms with van der Waals surface area (Å²) in [6.07, 6.45) is 3.37. The molecule has 1 unspecified atom stereocenters. The molecule has 1 N–H and O–H groups in total. The van der Waals surface area contributed by atoms with Gasteiger partial charge in [0.15, 0.2) is 0 Å². The van der Waals surface area contributed by atoms with Gasteiger partial charge < -0.3 is 10.2 Å². The zero-order valence-electron chi connectivity index (χ0n) is 8.61. The van der Waals surface area contributed by atoms with Crippen LogP contribution in [-0.2, 0) is 4.79 Å². The highest BCUT2D eigenvalue weighted by Crippen LogP contribution is 2.14. The van der Waals surface area contributed by atoms with Gasteiger partial charge in [-0.1, -0.05) is 0 Å². The topological polar surface area (TPSA) is 35.6 Å². The number of nitrogens with one attached hydrogen (secondary N) is 1. The average molecular weight is 197 g/mol. The maximum Gasteiger partial charge on any atom is 0.209 e. The zero-order valence-corrected chi connectivity index (χ0v) is 8.61. The highest BCUT2D eigenvalue weighted by atomic mass is 16.1. The van der Waals surface area contributed by atoms with Crippen molar-refractivity contribution in [3.63, 3.8) is 0 Å². The fraction of sp³-hybridized carbons (Fsp3) is 0.900. The summed E-state index contributed by atoms with van der Waals surface area (Å²) >= 11 is 0. The second-order valence-corrected chi connectivity index (χ2v) is 4.18. The van der Waals surface area contributed by atoms with E-state index >= 15 is 0 Å². The van der Waals surface area contributed by atoms with Crippen LogP contribution in [0.2, 0.25) is 0 Å². The molecule has 0 aromatic rings. The molecule has 0 saturated carbocycles. The van der Waals surface area contributed by atoms with Crippen molar-refractivity contribution < 1.29 is 4.79 Å². The van der Waals surface area contributed by atoms with Crippen molar-refractivity contribution in [2.24, 2.45) is 0 Å². The molecule has 0 aromatic heterocycles. The molecule has 0 bridgehead atoms. The Hall–Kier alpha value is -0.610. The number of rotatable bonds is 2. The highest BCUT2D eigenvalue weighted by molar-refractivity contribution is 5.47. The van der Waals surface area contributed by atoms with Crippen molar-refractivity contribution in [3.05, 3.63) is 0 Å². The summed E-state index contributed by atoms with van der Waals surface area (Å²) in [4.78, 5) is 15.0. The van der Waals surface area contributed by atoms with Crippen LogP contribution in [0.15, 0.2) is 0 Å². The number of carbonyl (C=O) groups is 1. The van der Waals surface area contributed by atoms with Gasteiger partial charge >= 0.3 is 0 Å². The lowest BCUT2D eigenvalue weighted by molar-refractivity contribution is -0.117. The van der Waals surface area contributed by atoms with Gasteiger partial charge in [-0.05, 0) is 25.9 Å². The molecule has 0 aliphatic carbocycles. The van der Waals surface area contributed by atoms with Gasteiger partial charge in [-0.3, -0.25) is 9.69 Å². The Kier molecular flexibility index (Phi) is 3.37. The second kappa shape index (κ2) is 4.75. The molecule has 0 radical (unpaired) electrons. The second-order valence-electron chi connectivity index (χ2n) is 4.18. The lowest BCUT2D eigenvalue weighted by Crippen LogP contribution is -2.39. The minimum Gasteiger partial charge on any atom is -0.344 e. The molecular weight excluding hydrogens is 178 g/mol. The molecule has 2 heterocycles. The molecule has 2 fully saturated rings. The maximum atomic E-state index is 10.6. The van der Waals surface area contributed by atoms with Gasteiger partial charge in [-0.15, -0.1) is 0 Å². The largest absolute Gasteiger partial charge is 0.344 e. The molecule has 0 spiro atoms. The fourth-order valence-electron chi connectivity index (χ4n) is 2.39. The first-order chi connectivity index (χ1) is 6.90. The third kappa shape index (κ3) is 2.25. The Morgan fingerprint density at radius 1 is 1.21 bits per heavy atom. The summed E-state index contributed by atoms with van der Waals surface area (Å²) in [6.45, 7) is 6.43. The van der Waals surface area contributed by atoms with E-state index in [2.05, 4.69) is 10.2 Å². The van der Waals surface area contributed by atoms with E-state index in [1.54, 1.807) is 0 Å². The molecular formula is C10H19N3O. The van der Waals surface area contributed by atoms with Crippen LogP contribution in [-0.4, -0.2) is 61.5 Å². The Morgan fingerprint density at radius 2 is 2.14 bits per heavy atom. The molecule has 0 aromatic carbocycles. The summed E-state index contributed by atoms with van der Waals surface area (Å²) in [5.41, 5.74) is 0. The first-order valence-corrected chi connectivity index (χ1v) is 5.54. The highest BCUT2D eigenvalue weighted by Gasteiger charge is 2.26. The number of carbonyl (C=O) groups excluding carboxylic acids is 1. The van der Waals surface area contributed by atoms with Crippen LogP contribution >= 0.6 is 0 Å². The fourth-order valence-corrected chi connectivity index (χ4v) is 2.39. The van der Waals surface area contributed by atoms with E-state index in [1.807, 2.05) is 4.90 Å². The van der Waals surface area contributed by atoms with Crippen LogP contribution in [0.3, 0.4) is 0 Å². The Labute approximate surface area is 85.2 Å². The van der Waals surface area contributed by atoms with Crippen molar-refractivity contribution in [3.8, 4) is 0 Å². The number of hydrogen-bond donors (Lipinski definition) is 1. The lowest BCUT2D eigenvalue weighted by atomic mass is 10.2. The minimum absolute atomic E-state index is 0.611. The van der Waals surface area contributed by atoms with E-state index < -0.39 is 0 Å². The van der Waals surface area contributed by atoms with Gasteiger partial charge in [0.2, 0.25) is 6.41 Å². The Bertz CT molecular complexity index is 190. The standard InChI is InChI=1S/C10H19N3O/c14-9-12-6-2-10(8-12)13-5-1-3-11-4-7-13/h9-11H,1-8H2. The van der Waals surface area contributed by atoms with Crippen LogP contribution in [0.4, 0.5) is 0 Å². The minimum atomic E-state index is 0.611. The van der Waals surface area contributed by atoms with Crippen LogP contribution < -0.4 is 5.32 Å². The van der Waals surface area contributed by atoms with Gasteiger partial charge in [0.25, 0.3) is 0 Å². The summed E-state index contributed by atoms with van der Waals surface area (Å²) in [5.74, 6) is 0. The third-order valence-electron chi connectivity index (χ3n) is 3.23. The average Bonchev–Trinajstić information content (AvgIpc) is 2.53. The van der Waals surface area contributed by atoms with E-state index in [4.69, 9.17) is 0 Å². The number of hydrogen-bond acceptors (Lipinski definition) is 3. The van der Waals surface area contributed by atoms with Crippen LogP contribution in [0.25, 0.3) is 0 Å². The van der Waals surface area contributed by atoms with E-state index in [0.29, 0.717) is 6.04 Å². The number of amides is 1. The molecule has 4 nitrogen and oxygen atoms in total. The van der Waals surface area contributed by atoms with E-state index in [-0.39, 0.29) is 0 Å². The third-order valence-corrected chi connectivity index (χ3v) is 3.23. The summed E-state index contributed by atoms with van der Waals surface area (Å²) < 4.78 is 0. The monoisotopic (exact) mass is 197 g/mol. The van der Waals surface area contributed by atoms with Gasteiger partial charge in [-0.2, -0.15) is 0 Å². The molecule has 4 heteroatoms. The first-order valence-electron chi connectivity index (χ1n) is 5.54. The summed E-state index contributed by atoms with van der Waals surface area (Å²) in [6, 6.07) is 0.611. The molecule has 1 amide bonds. The van der Waals surface area contributed by atoms with Crippen molar-refractivity contribution in [1.82, 2.24) is 15.1 Å². The van der Waals surface area contributed by atoms with Gasteiger partial charge in [0.05, 0.1) is 0 Å². The number of likely N-dealkylation sites (tertiary alicyclic amines) is 1. The quantitative estimate of drug-likeness (QED) is 0.607. The zero-order chi connectivity index (χ0) is 9.80. The van der Waals surface area contributed by atoms with Crippen LogP contribution in [0, 0.1) is 0 Å². The predicted octanol–water partition coefficient (Wildman–Crippen LogP) is -0.488. The molecule has 14 heavy (non-hydrogen) atoms. The molecule has 1 atom stereocenters. The normalized spacial score (nSPS) is 30.3. The van der Waals surface area contributed by atoms with Crippen molar-refractivity contribution in [2.75, 3.05) is 39.3 Å². The summed E-state index contributed by atoms with van der Waals surface area (Å²) in [5, 5.41) is 3.40. The van der Waals surface area contributed by atoms with Crippen molar-refractivity contribution in [1.29, 1.82) is 0 Å². The molecule has 2 aliphatic heterocycles. The Balaban J connectivity index is 1.84. The summed E-state index contributed by atoms with van der Waals surface area (Å²) in [7, 11) is 0. The predicted molar refractivity (Wildman–Crippen MR) is 55.1 cm³/mol.